The maximum Gasteiger partial charge on any atom is 0.0424 e. The van der Waals surface area contributed by atoms with Crippen molar-refractivity contribution < 1.29 is 0 Å². The first kappa shape index (κ1) is 7.41. The van der Waals surface area contributed by atoms with E-state index >= 15 is 0 Å². The van der Waals surface area contributed by atoms with E-state index in [0.717, 1.165) is 19.5 Å². The van der Waals surface area contributed by atoms with Crippen molar-refractivity contribution in [2.75, 3.05) is 6.54 Å². The Balaban J connectivity index is 1.99. The van der Waals surface area contributed by atoms with Crippen molar-refractivity contribution in [1.29, 1.82) is 0 Å². The molecule has 0 spiro atoms. The topological polar surface area (TPSA) is 3.24 Å². The molecule has 1 radical (unpaired) electrons. The summed E-state index contributed by atoms with van der Waals surface area (Å²) >= 11 is 0. The maximum atomic E-state index is 3.19. The minimum absolute atomic E-state index is 1.02. The van der Waals surface area contributed by atoms with Crippen LogP contribution < -0.4 is 0 Å². The van der Waals surface area contributed by atoms with Gasteiger partial charge in [0, 0.05) is 19.3 Å². The van der Waals surface area contributed by atoms with E-state index in [4.69, 9.17) is 0 Å². The van der Waals surface area contributed by atoms with Gasteiger partial charge < -0.3 is 4.90 Å². The van der Waals surface area contributed by atoms with Crippen molar-refractivity contribution in [2.24, 2.45) is 0 Å². The third-order valence-corrected chi connectivity index (χ3v) is 2.05. The molecule has 1 aliphatic rings. The van der Waals surface area contributed by atoms with Crippen LogP contribution in [0.15, 0.2) is 36.5 Å². The molecule has 1 heteroatoms. The van der Waals surface area contributed by atoms with Crippen LogP contribution in [-0.2, 0) is 6.54 Å². The van der Waals surface area contributed by atoms with Crippen LogP contribution in [0.2, 0.25) is 0 Å². The number of hydrogen-bond acceptors (Lipinski definition) is 1. The van der Waals surface area contributed by atoms with Gasteiger partial charge in [-0.1, -0.05) is 30.3 Å². The van der Waals surface area contributed by atoms with Gasteiger partial charge in [0.05, 0.1) is 0 Å². The van der Waals surface area contributed by atoms with Crippen molar-refractivity contribution in [3.05, 3.63) is 48.2 Å². The summed E-state index contributed by atoms with van der Waals surface area (Å²) < 4.78 is 0. The Bertz CT molecular complexity index is 264. The first-order valence-corrected chi connectivity index (χ1v) is 4.30. The summed E-state index contributed by atoms with van der Waals surface area (Å²) in [5, 5.41) is 0. The molecular formula is C11H12N. The summed E-state index contributed by atoms with van der Waals surface area (Å²) in [5.74, 6) is 0. The van der Waals surface area contributed by atoms with E-state index in [-0.39, 0.29) is 0 Å². The third kappa shape index (κ3) is 1.67. The summed E-state index contributed by atoms with van der Waals surface area (Å²) in [6.45, 7) is 2.14. The zero-order valence-electron chi connectivity index (χ0n) is 7.03. The van der Waals surface area contributed by atoms with E-state index in [1.807, 2.05) is 0 Å². The van der Waals surface area contributed by atoms with E-state index < -0.39 is 0 Å². The molecule has 0 N–H and O–H groups in total. The lowest BCUT2D eigenvalue weighted by Crippen LogP contribution is -2.13. The van der Waals surface area contributed by atoms with Crippen molar-refractivity contribution in [1.82, 2.24) is 4.90 Å². The first-order chi connectivity index (χ1) is 5.95. The van der Waals surface area contributed by atoms with Gasteiger partial charge in [-0.05, 0) is 18.1 Å². The van der Waals surface area contributed by atoms with Crippen molar-refractivity contribution >= 4 is 0 Å². The molecule has 61 valence electrons. The van der Waals surface area contributed by atoms with Gasteiger partial charge in [0.2, 0.25) is 0 Å². The van der Waals surface area contributed by atoms with Crippen LogP contribution in [0, 0.1) is 6.08 Å². The summed E-state index contributed by atoms with van der Waals surface area (Å²) in [7, 11) is 0. The summed E-state index contributed by atoms with van der Waals surface area (Å²) in [4.78, 5) is 2.29. The van der Waals surface area contributed by atoms with Crippen molar-refractivity contribution in [2.45, 2.75) is 13.0 Å². The van der Waals surface area contributed by atoms with Crippen LogP contribution in [0.1, 0.15) is 12.0 Å². The second-order valence-corrected chi connectivity index (χ2v) is 3.04. The minimum atomic E-state index is 1.02. The maximum absolute atomic E-state index is 3.19. The van der Waals surface area contributed by atoms with E-state index in [2.05, 4.69) is 47.5 Å². The van der Waals surface area contributed by atoms with Crippen LogP contribution >= 0.6 is 0 Å². The van der Waals surface area contributed by atoms with Gasteiger partial charge in [-0.15, -0.1) is 0 Å². The molecule has 0 saturated carbocycles. The predicted molar refractivity (Wildman–Crippen MR) is 49.3 cm³/mol. The zero-order valence-corrected chi connectivity index (χ0v) is 7.03. The van der Waals surface area contributed by atoms with Crippen LogP contribution in [-0.4, -0.2) is 11.4 Å². The highest BCUT2D eigenvalue weighted by atomic mass is 15.1. The fourth-order valence-electron chi connectivity index (χ4n) is 1.41. The van der Waals surface area contributed by atoms with Gasteiger partial charge in [-0.3, -0.25) is 0 Å². The molecule has 12 heavy (non-hydrogen) atoms. The smallest absolute Gasteiger partial charge is 0.0424 e. The van der Waals surface area contributed by atoms with E-state index in [1.54, 1.807) is 0 Å². The highest BCUT2D eigenvalue weighted by Gasteiger charge is 2.03. The number of benzene rings is 1. The second kappa shape index (κ2) is 3.44. The Hall–Kier alpha value is -1.24. The molecule has 1 nitrogen and oxygen atoms in total. The Morgan fingerprint density at radius 2 is 2.08 bits per heavy atom. The molecule has 0 unspecified atom stereocenters. The fourth-order valence-corrected chi connectivity index (χ4v) is 1.41. The molecule has 0 atom stereocenters. The molecule has 1 aromatic carbocycles. The quantitative estimate of drug-likeness (QED) is 0.637. The zero-order chi connectivity index (χ0) is 8.23. The lowest BCUT2D eigenvalue weighted by atomic mass is 10.2. The summed E-state index contributed by atoms with van der Waals surface area (Å²) in [6.07, 6.45) is 6.33. The Morgan fingerprint density at radius 1 is 1.25 bits per heavy atom. The predicted octanol–water partition coefficient (Wildman–Crippen LogP) is 2.21. The number of hydrogen-bond donors (Lipinski definition) is 0. The lowest BCUT2D eigenvalue weighted by Gasteiger charge is -2.14. The second-order valence-electron chi connectivity index (χ2n) is 3.04. The van der Waals surface area contributed by atoms with Gasteiger partial charge in [0.1, 0.15) is 0 Å². The molecule has 0 fully saturated rings. The molecule has 1 heterocycles. The van der Waals surface area contributed by atoms with E-state index in [9.17, 15) is 0 Å². The standard InChI is InChI=1S/C11H12N/c1-2-6-11(7-3-1)10-12-8-4-5-9-12/h1-3,6-7,9H,4,8,10H2. The third-order valence-electron chi connectivity index (χ3n) is 2.05. The van der Waals surface area contributed by atoms with E-state index in [1.165, 1.54) is 5.56 Å². The fraction of sp³-hybridized carbons (Fsp3) is 0.273. The molecule has 2 rings (SSSR count). The average Bonchev–Trinajstić information content (AvgIpc) is 2.59. The van der Waals surface area contributed by atoms with Gasteiger partial charge in [-0.2, -0.15) is 0 Å². The summed E-state index contributed by atoms with van der Waals surface area (Å²) in [5.41, 5.74) is 1.37. The van der Waals surface area contributed by atoms with Crippen LogP contribution in [0.3, 0.4) is 0 Å². The Morgan fingerprint density at radius 3 is 2.75 bits per heavy atom. The molecule has 0 aliphatic carbocycles. The minimum Gasteiger partial charge on any atom is -0.372 e. The van der Waals surface area contributed by atoms with Crippen LogP contribution in [0.4, 0.5) is 0 Å². The first-order valence-electron chi connectivity index (χ1n) is 4.30. The number of rotatable bonds is 2. The van der Waals surface area contributed by atoms with Crippen molar-refractivity contribution in [3.8, 4) is 0 Å². The van der Waals surface area contributed by atoms with Gasteiger partial charge in [0.15, 0.2) is 0 Å². The molecule has 1 aromatic rings. The van der Waals surface area contributed by atoms with Crippen molar-refractivity contribution in [3.63, 3.8) is 0 Å². The molecule has 0 aromatic heterocycles. The average molecular weight is 158 g/mol. The Labute approximate surface area is 73.3 Å². The van der Waals surface area contributed by atoms with Gasteiger partial charge in [-0.25, -0.2) is 0 Å². The monoisotopic (exact) mass is 158 g/mol. The molecule has 1 aliphatic heterocycles. The molecular weight excluding hydrogens is 146 g/mol. The SMILES string of the molecule is [C]1=CN(Cc2ccccc2)CC1. The molecule has 0 saturated heterocycles. The summed E-state index contributed by atoms with van der Waals surface area (Å²) in [6, 6.07) is 10.5. The highest BCUT2D eigenvalue weighted by molar-refractivity contribution is 5.15. The van der Waals surface area contributed by atoms with Crippen LogP contribution in [0.5, 0.6) is 0 Å². The van der Waals surface area contributed by atoms with Gasteiger partial charge in [0.25, 0.3) is 0 Å². The number of nitrogens with zero attached hydrogens (tertiary/aromatic N) is 1. The van der Waals surface area contributed by atoms with E-state index in [0.29, 0.717) is 0 Å². The normalized spacial score (nSPS) is 15.5. The highest BCUT2D eigenvalue weighted by Crippen LogP contribution is 2.09. The van der Waals surface area contributed by atoms with Gasteiger partial charge >= 0.3 is 0 Å². The Kier molecular flexibility index (Phi) is 2.12. The lowest BCUT2D eigenvalue weighted by molar-refractivity contribution is 0.400. The molecule has 0 amide bonds. The largest absolute Gasteiger partial charge is 0.372 e. The molecule has 0 bridgehead atoms. The van der Waals surface area contributed by atoms with Crippen LogP contribution in [0.25, 0.3) is 0 Å².